The van der Waals surface area contributed by atoms with Crippen LogP contribution in [0.1, 0.15) is 42.5 Å². The van der Waals surface area contributed by atoms with Crippen molar-refractivity contribution in [3.05, 3.63) is 63.7 Å². The molecule has 1 heterocycles. The summed E-state index contributed by atoms with van der Waals surface area (Å²) in [6.07, 6.45) is -3.56. The Balaban J connectivity index is 1.70. The number of carboxylic acids is 1. The van der Waals surface area contributed by atoms with Crippen LogP contribution in [0, 0.1) is 6.92 Å². The Morgan fingerprint density at radius 2 is 1.91 bits per heavy atom. The molecular weight excluding hydrogens is 473 g/mol. The lowest BCUT2D eigenvalue weighted by Gasteiger charge is -2.31. The van der Waals surface area contributed by atoms with Gasteiger partial charge in [0.05, 0.1) is 17.0 Å². The van der Waals surface area contributed by atoms with Crippen LogP contribution < -0.4 is 0 Å². The molecule has 3 rings (SSSR count). The molecule has 9 heteroatoms. The predicted octanol–water partition coefficient (Wildman–Crippen LogP) is 6.29. The number of alkyl halides is 3. The van der Waals surface area contributed by atoms with E-state index >= 15 is 0 Å². The number of halogens is 4. The van der Waals surface area contributed by atoms with Crippen LogP contribution in [-0.4, -0.2) is 45.5 Å². The second-order valence-electron chi connectivity index (χ2n) is 8.64. The van der Waals surface area contributed by atoms with Gasteiger partial charge in [-0.1, -0.05) is 23.7 Å². The van der Waals surface area contributed by atoms with Gasteiger partial charge in [-0.25, -0.2) is 4.31 Å². The lowest BCUT2D eigenvalue weighted by atomic mass is 10.1. The van der Waals surface area contributed by atoms with Gasteiger partial charge in [-0.15, -0.1) is 0 Å². The Labute approximate surface area is 201 Å². The summed E-state index contributed by atoms with van der Waals surface area (Å²) in [4.78, 5) is 14.4. The molecule has 180 valence electrons. The van der Waals surface area contributed by atoms with Gasteiger partial charge in [-0.2, -0.15) is 13.2 Å². The second kappa shape index (κ2) is 10.7. The molecule has 0 saturated carbocycles. The smallest absolute Gasteiger partial charge is 0.417 e. The third-order valence-corrected chi connectivity index (χ3v) is 7.58. The van der Waals surface area contributed by atoms with Gasteiger partial charge in [0.1, 0.15) is 0 Å². The number of hydrogen-bond donors (Lipinski definition) is 1. The second-order valence-corrected chi connectivity index (χ2v) is 10.1. The molecule has 2 aromatic carbocycles. The van der Waals surface area contributed by atoms with Gasteiger partial charge in [0.2, 0.25) is 0 Å². The van der Waals surface area contributed by atoms with Gasteiger partial charge < -0.3 is 5.11 Å². The van der Waals surface area contributed by atoms with E-state index in [0.29, 0.717) is 6.54 Å². The number of carboxylic acid groups (broad SMARTS) is 1. The third kappa shape index (κ3) is 6.88. The first-order valence-electron chi connectivity index (χ1n) is 10.8. The van der Waals surface area contributed by atoms with Gasteiger partial charge in [0.25, 0.3) is 0 Å². The van der Waals surface area contributed by atoms with E-state index in [2.05, 4.69) is 23.1 Å². The zero-order valence-corrected chi connectivity index (χ0v) is 20.4. The van der Waals surface area contributed by atoms with E-state index in [1.54, 1.807) is 11.9 Å². The molecule has 2 atom stereocenters. The van der Waals surface area contributed by atoms with Gasteiger partial charge in [0, 0.05) is 36.6 Å². The normalized spacial score (nSPS) is 20.6. The van der Waals surface area contributed by atoms with Crippen LogP contribution in [0.4, 0.5) is 13.2 Å². The highest BCUT2D eigenvalue weighted by Crippen LogP contribution is 2.36. The van der Waals surface area contributed by atoms with E-state index in [4.69, 9.17) is 16.7 Å². The summed E-state index contributed by atoms with van der Waals surface area (Å²) >= 11 is 7.52. The van der Waals surface area contributed by atoms with E-state index in [1.165, 1.54) is 12.1 Å². The van der Waals surface area contributed by atoms with Gasteiger partial charge in [0.15, 0.2) is 0 Å². The Kier molecular flexibility index (Phi) is 8.37. The van der Waals surface area contributed by atoms with Crippen LogP contribution in [0.15, 0.2) is 41.3 Å². The molecule has 1 N–H and O–H groups in total. The zero-order chi connectivity index (χ0) is 24.3. The summed E-state index contributed by atoms with van der Waals surface area (Å²) in [6, 6.07) is 10.3. The Hall–Kier alpha value is -1.74. The molecule has 0 radical (unpaired) electrons. The van der Waals surface area contributed by atoms with Crippen LogP contribution in [-0.2, 0) is 23.9 Å². The van der Waals surface area contributed by atoms with Gasteiger partial charge in [-0.3, -0.25) is 9.69 Å². The van der Waals surface area contributed by atoms with Crippen molar-refractivity contribution in [2.24, 2.45) is 0 Å². The minimum atomic E-state index is -4.46. The highest BCUT2D eigenvalue weighted by Gasteiger charge is 2.33. The molecule has 0 aromatic heterocycles. The lowest BCUT2D eigenvalue weighted by Crippen LogP contribution is -2.37. The fraction of sp³-hybridized carbons (Fsp3) is 0.458. The largest absolute Gasteiger partial charge is 0.481 e. The summed E-state index contributed by atoms with van der Waals surface area (Å²) in [5.41, 5.74) is 1.71. The molecule has 0 amide bonds. The van der Waals surface area contributed by atoms with Crippen molar-refractivity contribution < 1.29 is 23.1 Å². The summed E-state index contributed by atoms with van der Waals surface area (Å²) in [5.74, 6) is -0.851. The standard InChI is InChI=1S/C24H28ClF3N2O2S/c1-15-4-6-20(11-19(15)12-23(31)32)33-30-16(2)8-9-29(13-17(30)3)14-18-5-7-21(22(25)10-18)24(26,27)28/h4-7,10-11,16-17H,8-9,12-14H2,1-3H3,(H,31,32). The van der Waals surface area contributed by atoms with E-state index in [-0.39, 0.29) is 23.5 Å². The van der Waals surface area contributed by atoms with Gasteiger partial charge >= 0.3 is 12.1 Å². The number of hydrogen-bond acceptors (Lipinski definition) is 4. The monoisotopic (exact) mass is 500 g/mol. The van der Waals surface area contributed by atoms with E-state index < -0.39 is 17.7 Å². The number of rotatable bonds is 6. The summed E-state index contributed by atoms with van der Waals surface area (Å²) < 4.78 is 41.3. The lowest BCUT2D eigenvalue weighted by molar-refractivity contribution is -0.138. The Morgan fingerprint density at radius 1 is 1.18 bits per heavy atom. The first kappa shape index (κ1) is 25.9. The molecule has 0 bridgehead atoms. The van der Waals surface area contributed by atoms with Crippen molar-refractivity contribution in [2.75, 3.05) is 13.1 Å². The van der Waals surface area contributed by atoms with Crippen molar-refractivity contribution in [1.29, 1.82) is 0 Å². The van der Waals surface area contributed by atoms with Gasteiger partial charge in [-0.05, 0) is 80.1 Å². The molecule has 0 aliphatic carbocycles. The van der Waals surface area contributed by atoms with Crippen molar-refractivity contribution in [2.45, 2.75) is 63.3 Å². The van der Waals surface area contributed by atoms with Crippen molar-refractivity contribution in [3.63, 3.8) is 0 Å². The topological polar surface area (TPSA) is 43.8 Å². The zero-order valence-electron chi connectivity index (χ0n) is 18.8. The SMILES string of the molecule is Cc1ccc(SN2C(C)CCN(Cc3ccc(C(F)(F)F)c(Cl)c3)CC2C)cc1CC(=O)O. The van der Waals surface area contributed by atoms with Crippen LogP contribution in [0.3, 0.4) is 0 Å². The third-order valence-electron chi connectivity index (χ3n) is 5.87. The number of aryl methyl sites for hydroxylation is 1. The first-order valence-corrected chi connectivity index (χ1v) is 11.9. The van der Waals surface area contributed by atoms with Crippen LogP contribution in [0.25, 0.3) is 0 Å². The fourth-order valence-corrected chi connectivity index (χ4v) is 5.53. The maximum Gasteiger partial charge on any atom is 0.417 e. The summed E-state index contributed by atoms with van der Waals surface area (Å²) in [6.45, 7) is 8.31. The summed E-state index contributed by atoms with van der Waals surface area (Å²) in [5, 5.41) is 8.89. The number of nitrogens with zero attached hydrogens (tertiary/aromatic N) is 2. The molecule has 4 nitrogen and oxygen atoms in total. The molecule has 1 fully saturated rings. The minimum absolute atomic E-state index is 0.00515. The molecular formula is C24H28ClF3N2O2S. The number of carbonyl (C=O) groups is 1. The van der Waals surface area contributed by atoms with Crippen LogP contribution >= 0.6 is 23.5 Å². The average molecular weight is 501 g/mol. The first-order chi connectivity index (χ1) is 15.4. The number of aliphatic carboxylic acids is 1. The van der Waals surface area contributed by atoms with Crippen LogP contribution in [0.5, 0.6) is 0 Å². The summed E-state index contributed by atoms with van der Waals surface area (Å²) in [7, 11) is 0. The van der Waals surface area contributed by atoms with Crippen molar-refractivity contribution in [1.82, 2.24) is 9.21 Å². The van der Waals surface area contributed by atoms with Crippen molar-refractivity contribution in [3.8, 4) is 0 Å². The average Bonchev–Trinajstić information content (AvgIpc) is 2.82. The molecule has 2 unspecified atom stereocenters. The molecule has 0 spiro atoms. The Morgan fingerprint density at radius 3 is 2.55 bits per heavy atom. The molecule has 1 aliphatic rings. The quantitative estimate of drug-likeness (QED) is 0.472. The molecule has 33 heavy (non-hydrogen) atoms. The minimum Gasteiger partial charge on any atom is -0.481 e. The molecule has 1 saturated heterocycles. The van der Waals surface area contributed by atoms with Crippen molar-refractivity contribution >= 4 is 29.5 Å². The molecule has 1 aliphatic heterocycles. The fourth-order valence-electron chi connectivity index (χ4n) is 4.12. The highest BCUT2D eigenvalue weighted by molar-refractivity contribution is 7.97. The van der Waals surface area contributed by atoms with Crippen LogP contribution in [0.2, 0.25) is 5.02 Å². The van der Waals surface area contributed by atoms with E-state index in [0.717, 1.165) is 47.2 Å². The molecule has 2 aromatic rings. The Bertz CT molecular complexity index is 1000. The predicted molar refractivity (Wildman–Crippen MR) is 125 cm³/mol. The number of benzene rings is 2. The maximum atomic E-state index is 13.0. The van der Waals surface area contributed by atoms with E-state index in [1.807, 2.05) is 25.1 Å². The maximum absolute atomic E-state index is 13.0. The van der Waals surface area contributed by atoms with E-state index in [9.17, 15) is 18.0 Å². The highest BCUT2D eigenvalue weighted by atomic mass is 35.5.